The molecule has 0 spiro atoms. The Morgan fingerprint density at radius 2 is 1.75 bits per heavy atom. The standard InChI is InChI=1S/C28H25ClFN3O3/c1-32(2)26-13-12-22(31-27(34)24-10-3-4-11-25(24)29)16-20(26)17-33(18-23-9-6-14-36-23)28(35)19-7-5-8-21(30)15-19/h3-16H,17-18H2,1-2H3,(H,31,34). The van der Waals surface area contributed by atoms with Crippen LogP contribution in [0.25, 0.3) is 0 Å². The van der Waals surface area contributed by atoms with Crippen molar-refractivity contribution in [3.8, 4) is 0 Å². The lowest BCUT2D eigenvalue weighted by molar-refractivity contribution is 0.0717. The molecule has 4 aromatic rings. The molecule has 0 aliphatic rings. The number of carbonyl (C=O) groups excluding carboxylic acids is 2. The molecule has 6 nitrogen and oxygen atoms in total. The van der Waals surface area contributed by atoms with Crippen molar-refractivity contribution >= 4 is 34.8 Å². The predicted octanol–water partition coefficient (Wildman–Crippen LogP) is 6.23. The topological polar surface area (TPSA) is 65.8 Å². The van der Waals surface area contributed by atoms with Crippen molar-refractivity contribution in [3.63, 3.8) is 0 Å². The van der Waals surface area contributed by atoms with Crippen LogP contribution in [0, 0.1) is 5.82 Å². The smallest absolute Gasteiger partial charge is 0.257 e. The fourth-order valence-electron chi connectivity index (χ4n) is 3.87. The second-order valence-corrected chi connectivity index (χ2v) is 8.83. The van der Waals surface area contributed by atoms with Gasteiger partial charge in [-0.25, -0.2) is 4.39 Å². The Bertz CT molecular complexity index is 1370. The van der Waals surface area contributed by atoms with Crippen molar-refractivity contribution in [2.45, 2.75) is 13.1 Å². The molecular weight excluding hydrogens is 481 g/mol. The Morgan fingerprint density at radius 3 is 2.44 bits per heavy atom. The maximum Gasteiger partial charge on any atom is 0.257 e. The van der Waals surface area contributed by atoms with Crippen LogP contribution in [0.2, 0.25) is 5.02 Å². The molecule has 4 rings (SSSR count). The highest BCUT2D eigenvalue weighted by atomic mass is 35.5. The first-order valence-corrected chi connectivity index (χ1v) is 11.6. The number of furan rings is 1. The van der Waals surface area contributed by atoms with Gasteiger partial charge in [0.1, 0.15) is 11.6 Å². The largest absolute Gasteiger partial charge is 0.467 e. The first kappa shape index (κ1) is 25.0. The van der Waals surface area contributed by atoms with E-state index in [-0.39, 0.29) is 30.5 Å². The lowest BCUT2D eigenvalue weighted by Gasteiger charge is -2.26. The van der Waals surface area contributed by atoms with Gasteiger partial charge in [0.2, 0.25) is 0 Å². The Labute approximate surface area is 213 Å². The minimum absolute atomic E-state index is 0.186. The van der Waals surface area contributed by atoms with E-state index < -0.39 is 5.82 Å². The fraction of sp³-hybridized carbons (Fsp3) is 0.143. The molecule has 0 radical (unpaired) electrons. The first-order chi connectivity index (χ1) is 17.3. The highest BCUT2D eigenvalue weighted by Gasteiger charge is 2.21. The van der Waals surface area contributed by atoms with Crippen molar-refractivity contribution in [1.82, 2.24) is 4.90 Å². The van der Waals surface area contributed by atoms with E-state index in [1.54, 1.807) is 53.4 Å². The second kappa shape index (κ2) is 11.1. The summed E-state index contributed by atoms with van der Waals surface area (Å²) in [5, 5.41) is 3.23. The number of benzene rings is 3. The van der Waals surface area contributed by atoms with Crippen LogP contribution in [0.1, 0.15) is 32.0 Å². The van der Waals surface area contributed by atoms with E-state index >= 15 is 0 Å². The average Bonchev–Trinajstić information content (AvgIpc) is 3.36. The maximum atomic E-state index is 13.9. The summed E-state index contributed by atoms with van der Waals surface area (Å²) in [6.07, 6.45) is 1.54. The zero-order valence-electron chi connectivity index (χ0n) is 19.9. The molecule has 2 amide bonds. The van der Waals surface area contributed by atoms with Gasteiger partial charge in [0, 0.05) is 37.6 Å². The lowest BCUT2D eigenvalue weighted by Crippen LogP contribution is -2.31. The van der Waals surface area contributed by atoms with E-state index in [0.29, 0.717) is 22.0 Å². The van der Waals surface area contributed by atoms with Gasteiger partial charge in [0.25, 0.3) is 11.8 Å². The molecule has 0 saturated carbocycles. The van der Waals surface area contributed by atoms with Crippen LogP contribution in [-0.2, 0) is 13.1 Å². The molecule has 0 fully saturated rings. The van der Waals surface area contributed by atoms with Gasteiger partial charge < -0.3 is 19.5 Å². The summed E-state index contributed by atoms with van der Waals surface area (Å²) in [5.41, 5.74) is 2.79. The van der Waals surface area contributed by atoms with Crippen LogP contribution >= 0.6 is 11.6 Å². The van der Waals surface area contributed by atoms with E-state index in [1.165, 1.54) is 24.5 Å². The van der Waals surface area contributed by atoms with Gasteiger partial charge in [-0.1, -0.05) is 29.8 Å². The number of nitrogens with one attached hydrogen (secondary N) is 1. The third-order valence-corrected chi connectivity index (χ3v) is 5.91. The minimum atomic E-state index is -0.489. The summed E-state index contributed by atoms with van der Waals surface area (Å²) in [4.78, 5) is 29.7. The number of amides is 2. The van der Waals surface area contributed by atoms with E-state index in [1.807, 2.05) is 31.1 Å². The van der Waals surface area contributed by atoms with Crippen LogP contribution in [-0.4, -0.2) is 30.8 Å². The predicted molar refractivity (Wildman–Crippen MR) is 139 cm³/mol. The molecule has 184 valence electrons. The number of nitrogens with zero attached hydrogens (tertiary/aromatic N) is 2. The van der Waals surface area contributed by atoms with Crippen molar-refractivity contribution in [1.29, 1.82) is 0 Å². The Morgan fingerprint density at radius 1 is 0.944 bits per heavy atom. The zero-order valence-corrected chi connectivity index (χ0v) is 20.6. The molecular formula is C28H25ClFN3O3. The van der Waals surface area contributed by atoms with Crippen molar-refractivity contribution in [2.24, 2.45) is 0 Å². The minimum Gasteiger partial charge on any atom is -0.467 e. The molecule has 0 aliphatic heterocycles. The van der Waals surface area contributed by atoms with Gasteiger partial charge in [-0.3, -0.25) is 9.59 Å². The Balaban J connectivity index is 1.66. The van der Waals surface area contributed by atoms with Gasteiger partial charge in [-0.15, -0.1) is 0 Å². The molecule has 0 atom stereocenters. The van der Waals surface area contributed by atoms with E-state index in [2.05, 4.69) is 5.32 Å². The SMILES string of the molecule is CN(C)c1ccc(NC(=O)c2ccccc2Cl)cc1CN(Cc1ccco1)C(=O)c1cccc(F)c1. The lowest BCUT2D eigenvalue weighted by atomic mass is 10.1. The molecule has 1 N–H and O–H groups in total. The van der Waals surface area contributed by atoms with Crippen LogP contribution < -0.4 is 10.2 Å². The summed E-state index contributed by atoms with van der Waals surface area (Å²) in [5.74, 6) is -0.583. The Hall–Kier alpha value is -4.10. The van der Waals surface area contributed by atoms with Gasteiger partial charge in [0.05, 0.1) is 23.4 Å². The molecule has 0 aliphatic carbocycles. The van der Waals surface area contributed by atoms with Crippen LogP contribution in [0.15, 0.2) is 89.5 Å². The fourth-order valence-corrected chi connectivity index (χ4v) is 4.09. The van der Waals surface area contributed by atoms with Crippen molar-refractivity contribution < 1.29 is 18.4 Å². The van der Waals surface area contributed by atoms with E-state index in [9.17, 15) is 14.0 Å². The molecule has 0 bridgehead atoms. The molecule has 8 heteroatoms. The quantitative estimate of drug-likeness (QED) is 0.308. The van der Waals surface area contributed by atoms with Crippen LogP contribution in [0.4, 0.5) is 15.8 Å². The normalized spacial score (nSPS) is 10.7. The summed E-state index contributed by atoms with van der Waals surface area (Å²) >= 11 is 6.18. The zero-order chi connectivity index (χ0) is 25.7. The summed E-state index contributed by atoms with van der Waals surface area (Å²) in [6, 6.07) is 21.4. The van der Waals surface area contributed by atoms with Crippen molar-refractivity contribution in [2.75, 3.05) is 24.3 Å². The monoisotopic (exact) mass is 505 g/mol. The summed E-state index contributed by atoms with van der Waals surface area (Å²) in [7, 11) is 3.79. The molecule has 0 unspecified atom stereocenters. The third-order valence-electron chi connectivity index (χ3n) is 5.58. The second-order valence-electron chi connectivity index (χ2n) is 8.42. The van der Waals surface area contributed by atoms with Gasteiger partial charge >= 0.3 is 0 Å². The number of halogens is 2. The van der Waals surface area contributed by atoms with Crippen LogP contribution in [0.3, 0.4) is 0 Å². The number of hydrogen-bond acceptors (Lipinski definition) is 4. The summed E-state index contributed by atoms with van der Waals surface area (Å²) < 4.78 is 19.3. The number of anilines is 2. The van der Waals surface area contributed by atoms with Crippen LogP contribution in [0.5, 0.6) is 0 Å². The number of rotatable bonds is 8. The third kappa shape index (κ3) is 5.93. The Kier molecular flexibility index (Phi) is 7.71. The highest BCUT2D eigenvalue weighted by Crippen LogP contribution is 2.27. The van der Waals surface area contributed by atoms with Gasteiger partial charge in [0.15, 0.2) is 0 Å². The first-order valence-electron chi connectivity index (χ1n) is 11.2. The molecule has 36 heavy (non-hydrogen) atoms. The number of hydrogen-bond donors (Lipinski definition) is 1. The molecule has 3 aromatic carbocycles. The maximum absolute atomic E-state index is 13.9. The van der Waals surface area contributed by atoms with Gasteiger partial charge in [-0.2, -0.15) is 0 Å². The van der Waals surface area contributed by atoms with Crippen molar-refractivity contribution in [3.05, 3.63) is 118 Å². The van der Waals surface area contributed by atoms with E-state index in [0.717, 1.165) is 11.3 Å². The number of carbonyl (C=O) groups is 2. The average molecular weight is 506 g/mol. The molecule has 0 saturated heterocycles. The summed E-state index contributed by atoms with van der Waals surface area (Å²) in [6.45, 7) is 0.380. The van der Waals surface area contributed by atoms with E-state index in [4.69, 9.17) is 16.0 Å². The highest BCUT2D eigenvalue weighted by molar-refractivity contribution is 6.34. The molecule has 1 aromatic heterocycles. The van der Waals surface area contributed by atoms with Gasteiger partial charge in [-0.05, 0) is 66.2 Å². The molecule has 1 heterocycles.